The largest absolute Gasteiger partial charge is 0.449 e. The van der Waals surface area contributed by atoms with Crippen LogP contribution >= 0.6 is 0 Å². The lowest BCUT2D eigenvalue weighted by molar-refractivity contribution is -0.117. The van der Waals surface area contributed by atoms with E-state index in [-0.39, 0.29) is 23.5 Å². The van der Waals surface area contributed by atoms with E-state index in [4.69, 9.17) is 4.74 Å². The summed E-state index contributed by atoms with van der Waals surface area (Å²) in [5.41, 5.74) is 5.69. The maximum absolute atomic E-state index is 12.8. The molecule has 2 aromatic carbocycles. The summed E-state index contributed by atoms with van der Waals surface area (Å²) in [6.07, 6.45) is 0.310. The van der Waals surface area contributed by atoms with Crippen molar-refractivity contribution >= 4 is 33.4 Å². The van der Waals surface area contributed by atoms with E-state index < -0.39 is 16.1 Å². The molecule has 0 radical (unpaired) electrons. The molecule has 2 aromatic rings. The van der Waals surface area contributed by atoms with Gasteiger partial charge in [-0.25, -0.2) is 18.6 Å². The third-order valence-electron chi connectivity index (χ3n) is 5.84. The minimum Gasteiger partial charge on any atom is -0.449 e. The van der Waals surface area contributed by atoms with Crippen molar-refractivity contribution in [2.75, 3.05) is 36.0 Å². The first-order valence-electron chi connectivity index (χ1n) is 11.0. The Kier molecular flexibility index (Phi) is 6.42. The van der Waals surface area contributed by atoms with Crippen molar-refractivity contribution in [1.82, 2.24) is 9.84 Å². The molecule has 2 aliphatic heterocycles. The number of anilines is 2. The minimum absolute atomic E-state index is 0.106. The van der Waals surface area contributed by atoms with Gasteiger partial charge in [-0.05, 0) is 55.7 Å². The third kappa shape index (κ3) is 4.33. The molecular weight excluding hydrogens is 444 g/mol. The van der Waals surface area contributed by atoms with Crippen molar-refractivity contribution < 1.29 is 22.7 Å². The highest BCUT2D eigenvalue weighted by molar-refractivity contribution is 7.89. The second-order valence-electron chi connectivity index (χ2n) is 8.11. The Morgan fingerprint density at radius 1 is 1.09 bits per heavy atom. The number of hydrazine groups is 1. The zero-order chi connectivity index (χ0) is 23.8. The second-order valence-corrected chi connectivity index (χ2v) is 9.98. The Balaban J connectivity index is 1.70. The summed E-state index contributed by atoms with van der Waals surface area (Å²) in [5.74, 6) is -0.106. The molecule has 1 atom stereocenters. The molecule has 4 rings (SSSR count). The number of sulfonamides is 1. The van der Waals surface area contributed by atoms with Crippen molar-refractivity contribution in [2.45, 2.75) is 38.1 Å². The molecule has 2 amide bonds. The van der Waals surface area contributed by atoms with Crippen LogP contribution in [0.15, 0.2) is 47.4 Å². The predicted octanol–water partition coefficient (Wildman–Crippen LogP) is 2.97. The monoisotopic (exact) mass is 472 g/mol. The summed E-state index contributed by atoms with van der Waals surface area (Å²) in [6, 6.07) is 12.0. The van der Waals surface area contributed by atoms with Crippen molar-refractivity contribution in [3.63, 3.8) is 0 Å². The van der Waals surface area contributed by atoms with E-state index in [1.165, 1.54) is 11.3 Å². The maximum Gasteiger partial charge on any atom is 0.414 e. The summed E-state index contributed by atoms with van der Waals surface area (Å²) in [6.45, 7) is 6.79. The van der Waals surface area contributed by atoms with Gasteiger partial charge in [0.15, 0.2) is 0 Å². The smallest absolute Gasteiger partial charge is 0.414 e. The van der Waals surface area contributed by atoms with Gasteiger partial charge in [-0.1, -0.05) is 18.2 Å². The van der Waals surface area contributed by atoms with Crippen LogP contribution in [0.5, 0.6) is 0 Å². The van der Waals surface area contributed by atoms with Gasteiger partial charge in [0.05, 0.1) is 28.9 Å². The molecule has 10 heteroatoms. The first-order valence-corrected chi connectivity index (χ1v) is 12.4. The van der Waals surface area contributed by atoms with Crippen LogP contribution in [0.1, 0.15) is 27.2 Å². The SMILES string of the molecule is CCOC(=O)N1C[C@H](C)N(C(C)=O)c2ccc(-c3ccc(S(=O)(=O)N4CCCN4)cc3)cc21. The predicted molar refractivity (Wildman–Crippen MR) is 125 cm³/mol. The summed E-state index contributed by atoms with van der Waals surface area (Å²) >= 11 is 0. The fourth-order valence-corrected chi connectivity index (χ4v) is 5.68. The quantitative estimate of drug-likeness (QED) is 0.735. The normalized spacial score (nSPS) is 18.8. The molecule has 2 aliphatic rings. The van der Waals surface area contributed by atoms with Crippen molar-refractivity contribution in [3.8, 4) is 11.1 Å². The fraction of sp³-hybridized carbons (Fsp3) is 0.391. The molecule has 0 bridgehead atoms. The number of ether oxygens (including phenoxy) is 1. The van der Waals surface area contributed by atoms with Gasteiger partial charge in [0.25, 0.3) is 10.0 Å². The van der Waals surface area contributed by atoms with E-state index in [0.29, 0.717) is 31.0 Å². The number of hydrogen-bond donors (Lipinski definition) is 1. The van der Waals surface area contributed by atoms with Gasteiger partial charge in [-0.3, -0.25) is 9.69 Å². The van der Waals surface area contributed by atoms with Crippen LogP contribution in [0.3, 0.4) is 0 Å². The Labute approximate surface area is 193 Å². The zero-order valence-electron chi connectivity index (χ0n) is 18.9. The Bertz CT molecular complexity index is 1160. The van der Waals surface area contributed by atoms with Crippen molar-refractivity contribution in [2.24, 2.45) is 0 Å². The Morgan fingerprint density at radius 3 is 2.39 bits per heavy atom. The van der Waals surface area contributed by atoms with Gasteiger partial charge in [-0.15, -0.1) is 4.41 Å². The van der Waals surface area contributed by atoms with E-state index in [1.54, 1.807) is 41.0 Å². The molecule has 2 heterocycles. The molecule has 1 fully saturated rings. The summed E-state index contributed by atoms with van der Waals surface area (Å²) in [7, 11) is -3.59. The van der Waals surface area contributed by atoms with Crippen molar-refractivity contribution in [1.29, 1.82) is 0 Å². The van der Waals surface area contributed by atoms with Crippen molar-refractivity contribution in [3.05, 3.63) is 42.5 Å². The lowest BCUT2D eigenvalue weighted by Gasteiger charge is -2.40. The van der Waals surface area contributed by atoms with Crippen LogP contribution in [0, 0.1) is 0 Å². The number of carbonyl (C=O) groups is 2. The van der Waals surface area contributed by atoms with Crippen LogP contribution in [0.4, 0.5) is 16.2 Å². The number of fused-ring (bicyclic) bond motifs is 1. The van der Waals surface area contributed by atoms with E-state index in [0.717, 1.165) is 17.5 Å². The average molecular weight is 473 g/mol. The Hall–Kier alpha value is -2.95. The topological polar surface area (TPSA) is 99.3 Å². The number of rotatable bonds is 4. The molecule has 1 N–H and O–H groups in total. The van der Waals surface area contributed by atoms with E-state index in [2.05, 4.69) is 5.43 Å². The highest BCUT2D eigenvalue weighted by Crippen LogP contribution is 2.39. The van der Waals surface area contributed by atoms with E-state index >= 15 is 0 Å². The molecule has 1 saturated heterocycles. The van der Waals surface area contributed by atoms with E-state index in [1.807, 2.05) is 25.1 Å². The number of carbonyl (C=O) groups excluding carboxylic acids is 2. The molecular formula is C23H28N4O5S. The summed E-state index contributed by atoms with van der Waals surface area (Å²) < 4.78 is 32.0. The number of hydrogen-bond acceptors (Lipinski definition) is 6. The molecule has 33 heavy (non-hydrogen) atoms. The van der Waals surface area contributed by atoms with Crippen LogP contribution < -0.4 is 15.2 Å². The van der Waals surface area contributed by atoms with Gasteiger partial charge >= 0.3 is 6.09 Å². The number of nitrogens with zero attached hydrogens (tertiary/aromatic N) is 3. The van der Waals surface area contributed by atoms with Crippen LogP contribution in [0.2, 0.25) is 0 Å². The van der Waals surface area contributed by atoms with Crippen LogP contribution in [-0.4, -0.2) is 57.1 Å². The number of nitrogens with one attached hydrogen (secondary N) is 1. The number of amides is 2. The van der Waals surface area contributed by atoms with Gasteiger partial charge in [0.2, 0.25) is 5.91 Å². The lowest BCUT2D eigenvalue weighted by Crippen LogP contribution is -2.51. The average Bonchev–Trinajstić information content (AvgIpc) is 3.34. The van der Waals surface area contributed by atoms with Crippen LogP contribution in [0.25, 0.3) is 11.1 Å². The van der Waals surface area contributed by atoms with Gasteiger partial charge in [0, 0.05) is 26.6 Å². The Morgan fingerprint density at radius 2 is 1.79 bits per heavy atom. The zero-order valence-corrected chi connectivity index (χ0v) is 19.8. The first-order chi connectivity index (χ1) is 15.7. The minimum atomic E-state index is -3.59. The second kappa shape index (κ2) is 9.12. The molecule has 0 aromatic heterocycles. The third-order valence-corrected chi connectivity index (χ3v) is 7.60. The van der Waals surface area contributed by atoms with Gasteiger partial charge in [0.1, 0.15) is 0 Å². The fourth-order valence-electron chi connectivity index (χ4n) is 4.32. The highest BCUT2D eigenvalue weighted by atomic mass is 32.2. The maximum atomic E-state index is 12.8. The molecule has 0 spiro atoms. The highest BCUT2D eigenvalue weighted by Gasteiger charge is 2.34. The standard InChI is InChI=1S/C23H28N4O5S/c1-4-32-23(29)25-15-16(2)27(17(3)28)21-11-8-19(14-22(21)25)18-6-9-20(10-7-18)33(30,31)26-13-5-12-24-26/h6-11,14,16,24H,4-5,12-13,15H2,1-3H3/t16-/m0/s1. The molecule has 0 unspecified atom stereocenters. The first kappa shape index (κ1) is 23.2. The van der Waals surface area contributed by atoms with E-state index in [9.17, 15) is 18.0 Å². The summed E-state index contributed by atoms with van der Waals surface area (Å²) in [4.78, 5) is 28.4. The number of benzene rings is 2. The van der Waals surface area contributed by atoms with Gasteiger partial charge in [-0.2, -0.15) is 0 Å². The molecule has 0 saturated carbocycles. The van der Waals surface area contributed by atoms with Gasteiger partial charge < -0.3 is 9.64 Å². The molecule has 176 valence electrons. The lowest BCUT2D eigenvalue weighted by atomic mass is 10.0. The summed E-state index contributed by atoms with van der Waals surface area (Å²) in [5, 5.41) is 0. The molecule has 9 nitrogen and oxygen atoms in total. The molecule has 0 aliphatic carbocycles. The van der Waals surface area contributed by atoms with Crippen LogP contribution in [-0.2, 0) is 19.6 Å².